The van der Waals surface area contributed by atoms with Crippen molar-refractivity contribution in [3.8, 4) is 5.75 Å². The first-order valence-corrected chi connectivity index (χ1v) is 11.9. The molecule has 0 amide bonds. The van der Waals surface area contributed by atoms with Crippen molar-refractivity contribution >= 4 is 11.3 Å². The summed E-state index contributed by atoms with van der Waals surface area (Å²) in [6.45, 7) is 18.7. The van der Waals surface area contributed by atoms with Gasteiger partial charge in [0.15, 0.2) is 0 Å². The first kappa shape index (κ1) is 23.5. The maximum absolute atomic E-state index is 5.94. The van der Waals surface area contributed by atoms with Crippen molar-refractivity contribution in [2.75, 3.05) is 0 Å². The van der Waals surface area contributed by atoms with Gasteiger partial charge in [-0.1, -0.05) is 86.5 Å². The van der Waals surface area contributed by atoms with Crippen LogP contribution in [-0.4, -0.2) is 11.8 Å². The lowest BCUT2D eigenvalue weighted by Gasteiger charge is -2.35. The number of nitrogens with zero attached hydrogens (tertiary/aromatic N) is 1. The molecule has 0 fully saturated rings. The van der Waals surface area contributed by atoms with Crippen LogP contribution in [0.5, 0.6) is 5.75 Å². The van der Waals surface area contributed by atoms with Crippen molar-refractivity contribution in [1.29, 1.82) is 0 Å². The number of fused-ring (bicyclic) bond motifs is 1. The average molecular weight is 448 g/mol. The van der Waals surface area contributed by atoms with Gasteiger partial charge in [-0.05, 0) is 79.2 Å². The Kier molecular flexibility index (Phi) is 6.70. The largest absolute Gasteiger partial charge is 0.491 e. The zero-order chi connectivity index (χ0) is 24.3. The Hall–Kier alpha value is -3.65. The molecule has 172 valence electrons. The van der Waals surface area contributed by atoms with Crippen molar-refractivity contribution < 1.29 is 4.74 Å². The SMILES string of the molecule is C=C/C=C(\C=C)C1(c2ccc(OC(C)C)cc2)C(N=C2CCC=CC2=C)=C(C)c2ccccc21. The number of hydrogen-bond acceptors (Lipinski definition) is 2. The Balaban J connectivity index is 2.05. The highest BCUT2D eigenvalue weighted by Crippen LogP contribution is 2.55. The molecule has 0 saturated heterocycles. The van der Waals surface area contributed by atoms with E-state index in [1.54, 1.807) is 0 Å². The van der Waals surface area contributed by atoms with E-state index in [4.69, 9.17) is 9.73 Å². The maximum atomic E-state index is 5.94. The Morgan fingerprint density at radius 3 is 2.47 bits per heavy atom. The summed E-state index contributed by atoms with van der Waals surface area (Å²) >= 11 is 0. The monoisotopic (exact) mass is 447 g/mol. The smallest absolute Gasteiger partial charge is 0.119 e. The Bertz CT molecular complexity index is 1250. The van der Waals surface area contributed by atoms with Gasteiger partial charge >= 0.3 is 0 Å². The fourth-order valence-electron chi connectivity index (χ4n) is 5.09. The first-order valence-electron chi connectivity index (χ1n) is 11.9. The zero-order valence-electron chi connectivity index (χ0n) is 20.5. The van der Waals surface area contributed by atoms with E-state index in [0.29, 0.717) is 0 Å². The minimum atomic E-state index is -0.610. The highest BCUT2D eigenvalue weighted by molar-refractivity contribution is 6.04. The van der Waals surface area contributed by atoms with E-state index < -0.39 is 5.41 Å². The third-order valence-electron chi connectivity index (χ3n) is 6.54. The molecule has 2 aliphatic rings. The summed E-state index contributed by atoms with van der Waals surface area (Å²) in [6.07, 6.45) is 12.0. The molecule has 4 rings (SSSR count). The Morgan fingerprint density at radius 1 is 1.09 bits per heavy atom. The van der Waals surface area contributed by atoms with Gasteiger partial charge in [0.25, 0.3) is 0 Å². The Labute approximate surface area is 204 Å². The van der Waals surface area contributed by atoms with Crippen LogP contribution in [0.15, 0.2) is 120 Å². The van der Waals surface area contributed by atoms with Crippen LogP contribution >= 0.6 is 0 Å². The molecule has 2 aromatic carbocycles. The first-order chi connectivity index (χ1) is 16.4. The van der Waals surface area contributed by atoms with Gasteiger partial charge in [-0.3, -0.25) is 4.99 Å². The summed E-state index contributed by atoms with van der Waals surface area (Å²) in [6, 6.07) is 17.0. The number of allylic oxidation sites excluding steroid dienone is 8. The van der Waals surface area contributed by atoms with Crippen LogP contribution in [0, 0.1) is 0 Å². The second-order valence-electron chi connectivity index (χ2n) is 9.05. The number of rotatable bonds is 7. The standard InChI is InChI=1S/C32H33NO/c1-7-13-25(8-2)32(26-18-20-27(21-19-26)34-22(3)4)29-16-11-10-15-28(29)24(6)31(32)33-30-17-12-9-14-23(30)5/h7-11,13-16,18-22H,1-2,5,12,17H2,3-4,6H3/b25-13+,33-30?. The van der Waals surface area contributed by atoms with Crippen LogP contribution in [0.4, 0.5) is 0 Å². The summed E-state index contributed by atoms with van der Waals surface area (Å²) < 4.78 is 5.94. The lowest BCUT2D eigenvalue weighted by atomic mass is 9.68. The number of benzene rings is 2. The Morgan fingerprint density at radius 2 is 1.82 bits per heavy atom. The molecule has 0 spiro atoms. The normalized spacial score (nSPS) is 21.2. The fraction of sp³-hybridized carbons (Fsp3) is 0.219. The molecule has 2 aromatic rings. The molecule has 0 radical (unpaired) electrons. The molecule has 1 atom stereocenters. The van der Waals surface area contributed by atoms with Crippen molar-refractivity contribution in [2.24, 2.45) is 4.99 Å². The molecule has 0 N–H and O–H groups in total. The van der Waals surface area contributed by atoms with E-state index in [1.807, 2.05) is 26.0 Å². The molecular formula is C32H33NO. The van der Waals surface area contributed by atoms with Crippen molar-refractivity contribution in [2.45, 2.75) is 45.1 Å². The van der Waals surface area contributed by atoms with Gasteiger partial charge in [-0.25, -0.2) is 0 Å². The van der Waals surface area contributed by atoms with Crippen molar-refractivity contribution in [1.82, 2.24) is 0 Å². The minimum Gasteiger partial charge on any atom is -0.491 e. The lowest BCUT2D eigenvalue weighted by molar-refractivity contribution is 0.242. The van der Waals surface area contributed by atoms with Gasteiger partial charge in [0.1, 0.15) is 5.75 Å². The molecule has 2 nitrogen and oxygen atoms in total. The van der Waals surface area contributed by atoms with E-state index in [2.05, 4.69) is 93.4 Å². The summed E-state index contributed by atoms with van der Waals surface area (Å²) in [5.74, 6) is 0.854. The minimum absolute atomic E-state index is 0.117. The van der Waals surface area contributed by atoms with Crippen LogP contribution in [0.2, 0.25) is 0 Å². The quantitative estimate of drug-likeness (QED) is 0.392. The van der Waals surface area contributed by atoms with E-state index in [-0.39, 0.29) is 6.10 Å². The van der Waals surface area contributed by atoms with Gasteiger partial charge in [0.2, 0.25) is 0 Å². The molecule has 0 aliphatic heterocycles. The predicted molar refractivity (Wildman–Crippen MR) is 145 cm³/mol. The molecular weight excluding hydrogens is 414 g/mol. The topological polar surface area (TPSA) is 21.6 Å². The highest BCUT2D eigenvalue weighted by Gasteiger charge is 2.47. The second-order valence-corrected chi connectivity index (χ2v) is 9.05. The van der Waals surface area contributed by atoms with E-state index in [9.17, 15) is 0 Å². The average Bonchev–Trinajstić information content (AvgIpc) is 3.08. The fourth-order valence-corrected chi connectivity index (χ4v) is 5.09. The summed E-state index contributed by atoms with van der Waals surface area (Å²) in [4.78, 5) is 5.36. The van der Waals surface area contributed by atoms with Gasteiger partial charge < -0.3 is 4.74 Å². The van der Waals surface area contributed by atoms with Crippen LogP contribution in [0.3, 0.4) is 0 Å². The third kappa shape index (κ3) is 3.94. The van der Waals surface area contributed by atoms with Gasteiger partial charge in [0.05, 0.1) is 17.2 Å². The number of aliphatic imine (C=N–C) groups is 1. The molecule has 0 heterocycles. The van der Waals surface area contributed by atoms with Crippen LogP contribution in [-0.2, 0) is 5.41 Å². The van der Waals surface area contributed by atoms with E-state index in [0.717, 1.165) is 46.7 Å². The van der Waals surface area contributed by atoms with Crippen LogP contribution < -0.4 is 4.74 Å². The summed E-state index contributed by atoms with van der Waals surface area (Å²) in [5.41, 5.74) is 8.17. The lowest BCUT2D eigenvalue weighted by Crippen LogP contribution is -2.30. The number of hydrogen-bond donors (Lipinski definition) is 0. The predicted octanol–water partition coefficient (Wildman–Crippen LogP) is 8.15. The van der Waals surface area contributed by atoms with Gasteiger partial charge in [0, 0.05) is 5.71 Å². The molecule has 0 bridgehead atoms. The second kappa shape index (κ2) is 9.69. The highest BCUT2D eigenvalue weighted by atomic mass is 16.5. The van der Waals surface area contributed by atoms with Gasteiger partial charge in [-0.15, -0.1) is 0 Å². The number of ether oxygens (including phenoxy) is 1. The van der Waals surface area contributed by atoms with Crippen molar-refractivity contribution in [3.63, 3.8) is 0 Å². The van der Waals surface area contributed by atoms with Gasteiger partial charge in [-0.2, -0.15) is 0 Å². The van der Waals surface area contributed by atoms with Crippen molar-refractivity contribution in [3.05, 3.63) is 132 Å². The molecule has 34 heavy (non-hydrogen) atoms. The molecule has 0 aromatic heterocycles. The summed E-state index contributed by atoms with van der Waals surface area (Å²) in [5, 5.41) is 0. The van der Waals surface area contributed by atoms with Crippen LogP contribution in [0.1, 0.15) is 50.3 Å². The zero-order valence-corrected chi connectivity index (χ0v) is 20.5. The molecule has 2 heteroatoms. The molecule has 2 aliphatic carbocycles. The molecule has 1 unspecified atom stereocenters. The molecule has 0 saturated carbocycles. The van der Waals surface area contributed by atoms with E-state index in [1.165, 1.54) is 16.7 Å². The van der Waals surface area contributed by atoms with Crippen LogP contribution in [0.25, 0.3) is 5.57 Å². The van der Waals surface area contributed by atoms with E-state index >= 15 is 0 Å². The summed E-state index contributed by atoms with van der Waals surface area (Å²) in [7, 11) is 0. The maximum Gasteiger partial charge on any atom is 0.119 e. The third-order valence-corrected chi connectivity index (χ3v) is 6.54.